The Labute approximate surface area is 108 Å². The number of rotatable bonds is 5. The number of amides is 1. The van der Waals surface area contributed by atoms with E-state index in [1.165, 1.54) is 0 Å². The molecule has 2 rings (SSSR count). The van der Waals surface area contributed by atoms with Crippen LogP contribution in [0.3, 0.4) is 0 Å². The molecule has 1 aliphatic carbocycles. The van der Waals surface area contributed by atoms with Gasteiger partial charge in [0.1, 0.15) is 5.75 Å². The fraction of sp³-hybridized carbons (Fsp3) is 0.400. The van der Waals surface area contributed by atoms with E-state index in [-0.39, 0.29) is 5.91 Å². The summed E-state index contributed by atoms with van der Waals surface area (Å²) < 4.78 is 5.09. The van der Waals surface area contributed by atoms with Crippen LogP contribution in [0.2, 0.25) is 0 Å². The molecule has 0 bridgehead atoms. The van der Waals surface area contributed by atoms with Crippen LogP contribution in [-0.4, -0.2) is 13.0 Å². The van der Waals surface area contributed by atoms with Gasteiger partial charge in [-0.05, 0) is 36.5 Å². The van der Waals surface area contributed by atoms with Crippen molar-refractivity contribution < 1.29 is 9.53 Å². The van der Waals surface area contributed by atoms with Crippen LogP contribution in [0.1, 0.15) is 24.8 Å². The second-order valence-corrected chi connectivity index (χ2v) is 4.59. The van der Waals surface area contributed by atoms with E-state index in [0.717, 1.165) is 24.2 Å². The van der Waals surface area contributed by atoms with Gasteiger partial charge in [0.15, 0.2) is 0 Å². The Balaban J connectivity index is 1.75. The van der Waals surface area contributed by atoms with Gasteiger partial charge in [-0.1, -0.05) is 24.3 Å². The van der Waals surface area contributed by atoms with Crippen molar-refractivity contribution in [2.75, 3.05) is 7.11 Å². The van der Waals surface area contributed by atoms with Crippen LogP contribution in [0.5, 0.6) is 5.75 Å². The van der Waals surface area contributed by atoms with Crippen molar-refractivity contribution in [1.29, 1.82) is 0 Å². The normalized spacial score (nSPS) is 17.7. The van der Waals surface area contributed by atoms with Gasteiger partial charge < -0.3 is 10.1 Å². The van der Waals surface area contributed by atoms with E-state index in [4.69, 9.17) is 4.74 Å². The number of methoxy groups -OCH3 is 1. The largest absolute Gasteiger partial charge is 0.497 e. The maximum Gasteiger partial charge on any atom is 0.220 e. The molecule has 3 heteroatoms. The molecule has 0 aromatic heterocycles. The van der Waals surface area contributed by atoms with Crippen molar-refractivity contribution in [3.8, 4) is 5.75 Å². The summed E-state index contributed by atoms with van der Waals surface area (Å²) in [4.78, 5) is 11.7. The van der Waals surface area contributed by atoms with Crippen LogP contribution < -0.4 is 10.1 Å². The van der Waals surface area contributed by atoms with Gasteiger partial charge in [0.2, 0.25) is 5.91 Å². The highest BCUT2D eigenvalue weighted by molar-refractivity contribution is 5.76. The minimum atomic E-state index is 0.127. The summed E-state index contributed by atoms with van der Waals surface area (Å²) >= 11 is 0. The van der Waals surface area contributed by atoms with Crippen molar-refractivity contribution >= 4 is 5.91 Å². The Morgan fingerprint density at radius 2 is 2.17 bits per heavy atom. The van der Waals surface area contributed by atoms with Crippen LogP contribution in [0, 0.1) is 5.92 Å². The quantitative estimate of drug-likeness (QED) is 0.810. The molecule has 0 heterocycles. The molecule has 1 aromatic rings. The Hall–Kier alpha value is -1.77. The Bertz CT molecular complexity index is 423. The highest BCUT2D eigenvalue weighted by Gasteiger charge is 2.13. The predicted octanol–water partition coefficient (Wildman–Crippen LogP) is 2.67. The lowest BCUT2D eigenvalue weighted by molar-refractivity contribution is -0.121. The number of benzene rings is 1. The van der Waals surface area contributed by atoms with E-state index >= 15 is 0 Å². The summed E-state index contributed by atoms with van der Waals surface area (Å²) in [6.07, 6.45) is 7.12. The summed E-state index contributed by atoms with van der Waals surface area (Å²) in [5.41, 5.74) is 1.09. The number of hydrogen-bond donors (Lipinski definition) is 1. The molecule has 0 spiro atoms. The minimum absolute atomic E-state index is 0.127. The van der Waals surface area contributed by atoms with Gasteiger partial charge in [-0.3, -0.25) is 4.79 Å². The predicted molar refractivity (Wildman–Crippen MR) is 71.3 cm³/mol. The Kier molecular flexibility index (Phi) is 4.40. The van der Waals surface area contributed by atoms with E-state index < -0.39 is 0 Å². The molecule has 1 aromatic carbocycles. The van der Waals surface area contributed by atoms with E-state index in [1.807, 2.05) is 24.3 Å². The molecule has 3 nitrogen and oxygen atoms in total. The number of carbonyl (C=O) groups excluding carboxylic acids is 1. The van der Waals surface area contributed by atoms with Crippen LogP contribution >= 0.6 is 0 Å². The lowest BCUT2D eigenvalue weighted by Crippen LogP contribution is -2.24. The summed E-state index contributed by atoms with van der Waals surface area (Å²) in [5.74, 6) is 1.39. The lowest BCUT2D eigenvalue weighted by atomic mass is 10.1. The molecule has 1 amide bonds. The van der Waals surface area contributed by atoms with E-state index in [0.29, 0.717) is 18.9 Å². The zero-order chi connectivity index (χ0) is 12.8. The number of allylic oxidation sites excluding steroid dienone is 2. The molecule has 0 saturated carbocycles. The second kappa shape index (κ2) is 6.24. The van der Waals surface area contributed by atoms with Crippen molar-refractivity contribution in [3.05, 3.63) is 42.0 Å². The second-order valence-electron chi connectivity index (χ2n) is 4.59. The summed E-state index contributed by atoms with van der Waals surface area (Å²) in [6.45, 7) is 0.583. The maximum absolute atomic E-state index is 11.7. The van der Waals surface area contributed by atoms with Gasteiger partial charge in [-0.15, -0.1) is 0 Å². The molecule has 1 aliphatic rings. The third-order valence-corrected chi connectivity index (χ3v) is 3.21. The maximum atomic E-state index is 11.7. The van der Waals surface area contributed by atoms with Crippen LogP contribution in [0.4, 0.5) is 0 Å². The summed E-state index contributed by atoms with van der Waals surface area (Å²) in [6, 6.07) is 7.74. The monoisotopic (exact) mass is 245 g/mol. The SMILES string of the molecule is COc1ccc(CNC(=O)C[C@H]2C=CCC2)cc1. The third-order valence-electron chi connectivity index (χ3n) is 3.21. The summed E-state index contributed by atoms with van der Waals surface area (Å²) in [7, 11) is 1.64. The molecule has 0 radical (unpaired) electrons. The first-order valence-electron chi connectivity index (χ1n) is 6.34. The number of carbonyl (C=O) groups is 1. The number of nitrogens with one attached hydrogen (secondary N) is 1. The molecule has 1 N–H and O–H groups in total. The highest BCUT2D eigenvalue weighted by atomic mass is 16.5. The molecule has 0 saturated heterocycles. The first-order valence-corrected chi connectivity index (χ1v) is 6.34. The van der Waals surface area contributed by atoms with Crippen molar-refractivity contribution in [2.45, 2.75) is 25.8 Å². The molecular formula is C15H19NO2. The Morgan fingerprint density at radius 3 is 2.78 bits per heavy atom. The fourth-order valence-electron chi connectivity index (χ4n) is 2.12. The van der Waals surface area contributed by atoms with E-state index in [9.17, 15) is 4.79 Å². The van der Waals surface area contributed by atoms with Crippen molar-refractivity contribution in [2.24, 2.45) is 5.92 Å². The van der Waals surface area contributed by atoms with Crippen LogP contribution in [0.15, 0.2) is 36.4 Å². The summed E-state index contributed by atoms with van der Waals surface area (Å²) in [5, 5.41) is 2.95. The molecule has 96 valence electrons. The standard InChI is InChI=1S/C15H19NO2/c1-18-14-8-6-13(7-9-14)11-16-15(17)10-12-4-2-3-5-12/h2,4,6-9,12H,3,5,10-11H2,1H3,(H,16,17)/t12-/m0/s1. The van der Waals surface area contributed by atoms with Gasteiger partial charge in [0.05, 0.1) is 7.11 Å². The van der Waals surface area contributed by atoms with Gasteiger partial charge in [-0.25, -0.2) is 0 Å². The molecular weight excluding hydrogens is 226 g/mol. The Morgan fingerprint density at radius 1 is 1.39 bits per heavy atom. The van der Waals surface area contributed by atoms with Crippen molar-refractivity contribution in [3.63, 3.8) is 0 Å². The lowest BCUT2D eigenvalue weighted by Gasteiger charge is -2.09. The zero-order valence-corrected chi connectivity index (χ0v) is 10.7. The first-order chi connectivity index (χ1) is 8.78. The highest BCUT2D eigenvalue weighted by Crippen LogP contribution is 2.20. The van der Waals surface area contributed by atoms with E-state index in [1.54, 1.807) is 7.11 Å². The number of hydrogen-bond acceptors (Lipinski definition) is 2. The molecule has 0 aliphatic heterocycles. The fourth-order valence-corrected chi connectivity index (χ4v) is 2.12. The third kappa shape index (κ3) is 3.62. The van der Waals surface area contributed by atoms with Crippen molar-refractivity contribution in [1.82, 2.24) is 5.32 Å². The molecule has 1 atom stereocenters. The first kappa shape index (κ1) is 12.7. The number of ether oxygens (including phenoxy) is 1. The van der Waals surface area contributed by atoms with Gasteiger partial charge in [-0.2, -0.15) is 0 Å². The van der Waals surface area contributed by atoms with Crippen LogP contribution in [0.25, 0.3) is 0 Å². The average Bonchev–Trinajstić information content (AvgIpc) is 2.90. The molecule has 18 heavy (non-hydrogen) atoms. The molecule has 0 fully saturated rings. The smallest absolute Gasteiger partial charge is 0.220 e. The molecule has 0 unspecified atom stereocenters. The van der Waals surface area contributed by atoms with Gasteiger partial charge in [0, 0.05) is 13.0 Å². The van der Waals surface area contributed by atoms with Gasteiger partial charge in [0.25, 0.3) is 0 Å². The topological polar surface area (TPSA) is 38.3 Å². The van der Waals surface area contributed by atoms with E-state index in [2.05, 4.69) is 17.5 Å². The average molecular weight is 245 g/mol. The zero-order valence-electron chi connectivity index (χ0n) is 10.7. The minimum Gasteiger partial charge on any atom is -0.497 e. The van der Waals surface area contributed by atoms with Gasteiger partial charge >= 0.3 is 0 Å². The van der Waals surface area contributed by atoms with Crippen LogP contribution in [-0.2, 0) is 11.3 Å².